The van der Waals surface area contributed by atoms with Crippen LogP contribution in [0.15, 0.2) is 24.5 Å². The molecule has 3 aliphatic rings. The Morgan fingerprint density at radius 2 is 2.03 bits per heavy atom. The first-order chi connectivity index (χ1) is 14.1. The van der Waals surface area contributed by atoms with Crippen LogP contribution in [0.1, 0.15) is 57.9 Å². The number of amides is 1. The summed E-state index contributed by atoms with van der Waals surface area (Å²) in [7, 11) is 0. The van der Waals surface area contributed by atoms with Crippen LogP contribution in [-0.2, 0) is 11.3 Å². The lowest BCUT2D eigenvalue weighted by atomic mass is 9.91. The third-order valence-corrected chi connectivity index (χ3v) is 7.76. The summed E-state index contributed by atoms with van der Waals surface area (Å²) in [6, 6.07) is 4.83. The molecular formula is C24H38N4O. The van der Waals surface area contributed by atoms with Crippen molar-refractivity contribution in [1.29, 1.82) is 0 Å². The number of hydrogen-bond acceptors (Lipinski definition) is 4. The Morgan fingerprint density at radius 3 is 2.69 bits per heavy atom. The van der Waals surface area contributed by atoms with Crippen molar-refractivity contribution >= 4 is 5.91 Å². The second-order valence-corrected chi connectivity index (χ2v) is 9.94. The molecule has 3 heterocycles. The van der Waals surface area contributed by atoms with E-state index >= 15 is 0 Å². The molecule has 29 heavy (non-hydrogen) atoms. The number of aromatic nitrogens is 1. The molecule has 2 saturated heterocycles. The van der Waals surface area contributed by atoms with Crippen molar-refractivity contribution < 1.29 is 4.79 Å². The van der Waals surface area contributed by atoms with E-state index in [0.29, 0.717) is 23.3 Å². The molecule has 3 fully saturated rings. The molecule has 1 saturated carbocycles. The molecule has 0 aromatic carbocycles. The molecule has 1 N–H and O–H groups in total. The van der Waals surface area contributed by atoms with E-state index in [-0.39, 0.29) is 5.92 Å². The van der Waals surface area contributed by atoms with Crippen molar-refractivity contribution in [2.45, 2.75) is 65.0 Å². The Labute approximate surface area is 176 Å². The van der Waals surface area contributed by atoms with Crippen LogP contribution < -0.4 is 5.32 Å². The van der Waals surface area contributed by atoms with Gasteiger partial charge in [0.15, 0.2) is 0 Å². The van der Waals surface area contributed by atoms with Crippen LogP contribution in [0.25, 0.3) is 0 Å². The zero-order valence-corrected chi connectivity index (χ0v) is 18.3. The highest BCUT2D eigenvalue weighted by Gasteiger charge is 2.45. The Hall–Kier alpha value is -1.46. The first-order valence-corrected chi connectivity index (χ1v) is 11.7. The van der Waals surface area contributed by atoms with Gasteiger partial charge < -0.3 is 5.32 Å². The fraction of sp³-hybridized carbons (Fsp3) is 0.750. The van der Waals surface area contributed by atoms with Crippen molar-refractivity contribution in [1.82, 2.24) is 20.1 Å². The SMILES string of the molecule is CC(C)C1(CNC(=O)[C@H]2CCCN(C3CCN(Cc4cccnc4)CC3)C2)CC1. The average Bonchev–Trinajstić information content (AvgIpc) is 3.55. The number of rotatable bonds is 7. The van der Waals surface area contributed by atoms with E-state index in [4.69, 9.17) is 0 Å². The summed E-state index contributed by atoms with van der Waals surface area (Å²) in [5.41, 5.74) is 1.70. The van der Waals surface area contributed by atoms with E-state index in [1.807, 2.05) is 18.5 Å². The van der Waals surface area contributed by atoms with Gasteiger partial charge in [-0.05, 0) is 81.1 Å². The van der Waals surface area contributed by atoms with E-state index in [2.05, 4.69) is 40.0 Å². The molecule has 0 unspecified atom stereocenters. The van der Waals surface area contributed by atoms with Gasteiger partial charge in [0, 0.05) is 38.1 Å². The molecule has 1 atom stereocenters. The number of carbonyl (C=O) groups excluding carboxylic acids is 1. The van der Waals surface area contributed by atoms with Gasteiger partial charge in [-0.2, -0.15) is 0 Å². The second-order valence-electron chi connectivity index (χ2n) is 9.94. The quantitative estimate of drug-likeness (QED) is 0.766. The second kappa shape index (κ2) is 9.13. The summed E-state index contributed by atoms with van der Waals surface area (Å²) in [5.74, 6) is 1.15. The molecule has 5 heteroatoms. The van der Waals surface area contributed by atoms with Crippen LogP contribution in [0.3, 0.4) is 0 Å². The molecule has 0 spiro atoms. The third-order valence-electron chi connectivity index (χ3n) is 7.76. The highest BCUT2D eigenvalue weighted by atomic mass is 16.1. The maximum absolute atomic E-state index is 12.8. The molecular weight excluding hydrogens is 360 g/mol. The van der Waals surface area contributed by atoms with Gasteiger partial charge in [0.25, 0.3) is 0 Å². The van der Waals surface area contributed by atoms with Gasteiger partial charge in [-0.3, -0.25) is 19.6 Å². The minimum Gasteiger partial charge on any atom is -0.355 e. The normalized spacial score (nSPS) is 25.8. The number of likely N-dealkylation sites (tertiary alicyclic amines) is 2. The van der Waals surface area contributed by atoms with Gasteiger partial charge in [-0.25, -0.2) is 0 Å². The molecule has 0 radical (unpaired) electrons. The van der Waals surface area contributed by atoms with Crippen molar-refractivity contribution in [2.75, 3.05) is 32.7 Å². The largest absolute Gasteiger partial charge is 0.355 e. The topological polar surface area (TPSA) is 48.5 Å². The maximum atomic E-state index is 12.8. The number of piperidine rings is 2. The van der Waals surface area contributed by atoms with Gasteiger partial charge in [-0.1, -0.05) is 19.9 Å². The number of hydrogen-bond donors (Lipinski definition) is 1. The Balaban J connectivity index is 1.22. The molecule has 2 aliphatic heterocycles. The summed E-state index contributed by atoms with van der Waals surface area (Å²) >= 11 is 0. The highest BCUT2D eigenvalue weighted by Crippen LogP contribution is 2.51. The fourth-order valence-corrected chi connectivity index (χ4v) is 5.27. The van der Waals surface area contributed by atoms with Crippen LogP contribution in [0.2, 0.25) is 0 Å². The molecule has 4 rings (SSSR count). The minimum absolute atomic E-state index is 0.181. The standard InChI is InChI=1S/C24H38N4O/c1-19(2)24(9-10-24)18-26-23(29)21-6-4-12-28(17-21)22-7-13-27(14-8-22)16-20-5-3-11-25-15-20/h3,5,11,15,19,21-22H,4,6-10,12-14,16-18H2,1-2H3,(H,26,29)/t21-/m0/s1. The Kier molecular flexibility index (Phi) is 6.55. The van der Waals surface area contributed by atoms with E-state index in [0.717, 1.165) is 52.1 Å². The molecule has 0 bridgehead atoms. The number of nitrogens with one attached hydrogen (secondary N) is 1. The first kappa shape index (κ1) is 20.8. The lowest BCUT2D eigenvalue weighted by Crippen LogP contribution is -2.51. The van der Waals surface area contributed by atoms with Gasteiger partial charge in [0.1, 0.15) is 0 Å². The third kappa shape index (κ3) is 5.18. The lowest BCUT2D eigenvalue weighted by molar-refractivity contribution is -0.127. The van der Waals surface area contributed by atoms with E-state index < -0.39 is 0 Å². The predicted octanol–water partition coefficient (Wildman–Crippen LogP) is 3.31. The predicted molar refractivity (Wildman–Crippen MR) is 116 cm³/mol. The molecule has 1 aromatic rings. The lowest BCUT2D eigenvalue weighted by Gasteiger charge is -2.42. The maximum Gasteiger partial charge on any atom is 0.224 e. The van der Waals surface area contributed by atoms with Crippen LogP contribution in [0.5, 0.6) is 0 Å². The zero-order chi connectivity index (χ0) is 20.3. The van der Waals surface area contributed by atoms with Crippen molar-refractivity contribution in [2.24, 2.45) is 17.3 Å². The summed E-state index contributed by atoms with van der Waals surface area (Å²) in [5, 5.41) is 3.31. The Morgan fingerprint density at radius 1 is 1.24 bits per heavy atom. The molecule has 5 nitrogen and oxygen atoms in total. The summed E-state index contributed by atoms with van der Waals surface area (Å²) in [6.45, 7) is 10.9. The molecule has 1 amide bonds. The summed E-state index contributed by atoms with van der Waals surface area (Å²) < 4.78 is 0. The first-order valence-electron chi connectivity index (χ1n) is 11.7. The summed E-state index contributed by atoms with van der Waals surface area (Å²) in [4.78, 5) is 22.2. The fourth-order valence-electron chi connectivity index (χ4n) is 5.27. The van der Waals surface area contributed by atoms with Gasteiger partial charge in [0.05, 0.1) is 5.92 Å². The number of carbonyl (C=O) groups is 1. The van der Waals surface area contributed by atoms with E-state index in [1.54, 1.807) is 0 Å². The van der Waals surface area contributed by atoms with Gasteiger partial charge in [-0.15, -0.1) is 0 Å². The average molecular weight is 399 g/mol. The molecule has 1 aliphatic carbocycles. The van der Waals surface area contributed by atoms with E-state index in [1.165, 1.54) is 31.2 Å². The van der Waals surface area contributed by atoms with Gasteiger partial charge in [0.2, 0.25) is 5.91 Å². The van der Waals surface area contributed by atoms with Crippen LogP contribution >= 0.6 is 0 Å². The minimum atomic E-state index is 0.181. The van der Waals surface area contributed by atoms with Crippen LogP contribution in [0, 0.1) is 17.3 Å². The van der Waals surface area contributed by atoms with Crippen molar-refractivity contribution in [3.8, 4) is 0 Å². The monoisotopic (exact) mass is 398 g/mol. The van der Waals surface area contributed by atoms with Crippen LogP contribution in [-0.4, -0.2) is 59.5 Å². The Bertz CT molecular complexity index is 665. The van der Waals surface area contributed by atoms with Crippen LogP contribution in [0.4, 0.5) is 0 Å². The smallest absolute Gasteiger partial charge is 0.224 e. The summed E-state index contributed by atoms with van der Waals surface area (Å²) in [6.07, 6.45) is 11.0. The number of pyridine rings is 1. The number of nitrogens with zero attached hydrogens (tertiary/aromatic N) is 3. The molecule has 160 valence electrons. The molecule has 1 aromatic heterocycles. The highest BCUT2D eigenvalue weighted by molar-refractivity contribution is 5.79. The van der Waals surface area contributed by atoms with Gasteiger partial charge >= 0.3 is 0 Å². The van der Waals surface area contributed by atoms with Crippen molar-refractivity contribution in [3.05, 3.63) is 30.1 Å². The van der Waals surface area contributed by atoms with Crippen molar-refractivity contribution in [3.63, 3.8) is 0 Å². The van der Waals surface area contributed by atoms with E-state index in [9.17, 15) is 4.79 Å². The zero-order valence-electron chi connectivity index (χ0n) is 18.3.